The summed E-state index contributed by atoms with van der Waals surface area (Å²) in [5.74, 6) is 0. The van der Waals surface area contributed by atoms with Gasteiger partial charge in [-0.15, -0.1) is 0 Å². The molecule has 84 valence electrons. The average Bonchev–Trinajstić information content (AvgIpc) is 2.80. The van der Waals surface area contributed by atoms with E-state index in [1.54, 1.807) is 0 Å². The molecular weight excluding hydrogens is 182 g/mol. The Bertz CT molecular complexity index is 243. The largest absolute Gasteiger partial charge is 0.317 e. The van der Waals surface area contributed by atoms with Crippen molar-refractivity contribution in [2.24, 2.45) is 0 Å². The molecule has 0 saturated carbocycles. The number of rotatable bonds is 1. The van der Waals surface area contributed by atoms with Gasteiger partial charge in [0.25, 0.3) is 0 Å². The van der Waals surface area contributed by atoms with Crippen LogP contribution < -0.4 is 5.32 Å². The van der Waals surface area contributed by atoms with Crippen molar-refractivity contribution in [1.29, 1.82) is 0 Å². The molecule has 15 heavy (non-hydrogen) atoms. The predicted octanol–water partition coefficient (Wildman–Crippen LogP) is 3.60. The summed E-state index contributed by atoms with van der Waals surface area (Å²) in [5.41, 5.74) is 2.91. The first-order valence-electron chi connectivity index (χ1n) is 6.04. The molecule has 1 nitrogen and oxygen atoms in total. The van der Waals surface area contributed by atoms with Crippen LogP contribution in [0.1, 0.15) is 39.5 Å². The summed E-state index contributed by atoms with van der Waals surface area (Å²) in [6, 6.07) is 0. The molecule has 0 aromatic heterocycles. The third kappa shape index (κ3) is 4.98. The standard InChI is InChI=1S/C10H14.C4H9N/c1-3-6-10-8-5-4-7-9(10)2;1-2-4-5-3-1/h3,5-6,8H,4,7H2,1-2H3;5H,1-4H2/b6-3-;. The topological polar surface area (TPSA) is 12.0 Å². The molecule has 0 spiro atoms. The molecule has 2 rings (SSSR count). The van der Waals surface area contributed by atoms with Gasteiger partial charge in [0, 0.05) is 0 Å². The van der Waals surface area contributed by atoms with Crippen LogP contribution in [0.5, 0.6) is 0 Å². The van der Waals surface area contributed by atoms with Crippen molar-refractivity contribution >= 4 is 0 Å². The van der Waals surface area contributed by atoms with Crippen molar-refractivity contribution in [3.8, 4) is 0 Å². The minimum atomic E-state index is 1.22. The highest BCUT2D eigenvalue weighted by atomic mass is 14.9. The minimum Gasteiger partial charge on any atom is -0.317 e. The zero-order valence-electron chi connectivity index (χ0n) is 10.1. The van der Waals surface area contributed by atoms with Crippen LogP contribution in [0, 0.1) is 0 Å². The van der Waals surface area contributed by atoms with Gasteiger partial charge in [0.2, 0.25) is 0 Å². The second-order valence-corrected chi connectivity index (χ2v) is 4.13. The third-order valence-corrected chi connectivity index (χ3v) is 2.78. The monoisotopic (exact) mass is 205 g/mol. The summed E-state index contributed by atoms with van der Waals surface area (Å²) in [7, 11) is 0. The van der Waals surface area contributed by atoms with Crippen LogP contribution in [0.3, 0.4) is 0 Å². The fraction of sp³-hybridized carbons (Fsp3) is 0.571. The fourth-order valence-electron chi connectivity index (χ4n) is 1.80. The van der Waals surface area contributed by atoms with E-state index in [1.165, 1.54) is 49.9 Å². The van der Waals surface area contributed by atoms with E-state index < -0.39 is 0 Å². The van der Waals surface area contributed by atoms with Crippen LogP contribution in [-0.2, 0) is 0 Å². The molecule has 0 amide bonds. The summed E-state index contributed by atoms with van der Waals surface area (Å²) >= 11 is 0. The third-order valence-electron chi connectivity index (χ3n) is 2.78. The maximum absolute atomic E-state index is 3.22. The van der Waals surface area contributed by atoms with E-state index in [4.69, 9.17) is 0 Å². The lowest BCUT2D eigenvalue weighted by Gasteiger charge is -2.07. The van der Waals surface area contributed by atoms with Gasteiger partial charge in [0.1, 0.15) is 0 Å². The maximum Gasteiger partial charge on any atom is -0.00484 e. The Morgan fingerprint density at radius 1 is 1.27 bits per heavy atom. The molecule has 1 saturated heterocycles. The molecule has 1 heteroatoms. The SMILES string of the molecule is C/C=C\C1=C(C)CCC=C1.C1CCNC1. The van der Waals surface area contributed by atoms with Gasteiger partial charge in [-0.2, -0.15) is 0 Å². The van der Waals surface area contributed by atoms with Gasteiger partial charge in [0.05, 0.1) is 0 Å². The molecule has 1 heterocycles. The minimum absolute atomic E-state index is 1.22. The quantitative estimate of drug-likeness (QED) is 0.689. The summed E-state index contributed by atoms with van der Waals surface area (Å²) in [5, 5.41) is 3.22. The highest BCUT2D eigenvalue weighted by Gasteiger charge is 1.98. The molecule has 2 aliphatic rings. The van der Waals surface area contributed by atoms with Crippen molar-refractivity contribution < 1.29 is 0 Å². The molecule has 1 N–H and O–H groups in total. The van der Waals surface area contributed by atoms with Gasteiger partial charge >= 0.3 is 0 Å². The zero-order chi connectivity index (χ0) is 10.9. The Hall–Kier alpha value is -0.820. The Morgan fingerprint density at radius 3 is 2.47 bits per heavy atom. The number of hydrogen-bond donors (Lipinski definition) is 1. The lowest BCUT2D eigenvalue weighted by molar-refractivity contribution is 0.857. The van der Waals surface area contributed by atoms with Gasteiger partial charge < -0.3 is 5.32 Å². The van der Waals surface area contributed by atoms with E-state index in [0.717, 1.165) is 0 Å². The number of nitrogens with one attached hydrogen (secondary N) is 1. The Morgan fingerprint density at radius 2 is 2.00 bits per heavy atom. The number of allylic oxidation sites excluding steroid dienone is 6. The lowest BCUT2D eigenvalue weighted by Crippen LogP contribution is -2.03. The van der Waals surface area contributed by atoms with Crippen molar-refractivity contribution in [2.75, 3.05) is 13.1 Å². The highest BCUT2D eigenvalue weighted by molar-refractivity contribution is 5.37. The Kier molecular flexibility index (Phi) is 6.10. The molecule has 0 atom stereocenters. The van der Waals surface area contributed by atoms with Gasteiger partial charge in [-0.25, -0.2) is 0 Å². The molecule has 0 unspecified atom stereocenters. The first-order valence-corrected chi connectivity index (χ1v) is 6.04. The van der Waals surface area contributed by atoms with Crippen molar-refractivity contribution in [2.45, 2.75) is 39.5 Å². The summed E-state index contributed by atoms with van der Waals surface area (Å²) in [4.78, 5) is 0. The zero-order valence-corrected chi connectivity index (χ0v) is 10.1. The van der Waals surface area contributed by atoms with Gasteiger partial charge in [-0.3, -0.25) is 0 Å². The van der Waals surface area contributed by atoms with Crippen LogP contribution in [0.2, 0.25) is 0 Å². The second-order valence-electron chi connectivity index (χ2n) is 4.13. The lowest BCUT2D eigenvalue weighted by atomic mass is 9.99. The van der Waals surface area contributed by atoms with E-state index in [2.05, 4.69) is 43.5 Å². The fourth-order valence-corrected chi connectivity index (χ4v) is 1.80. The smallest absolute Gasteiger partial charge is 0.00484 e. The van der Waals surface area contributed by atoms with E-state index in [9.17, 15) is 0 Å². The highest BCUT2D eigenvalue weighted by Crippen LogP contribution is 2.18. The normalized spacial score (nSPS) is 20.7. The van der Waals surface area contributed by atoms with Crippen LogP contribution >= 0.6 is 0 Å². The van der Waals surface area contributed by atoms with E-state index >= 15 is 0 Å². The van der Waals surface area contributed by atoms with Crippen molar-refractivity contribution in [3.63, 3.8) is 0 Å². The molecule has 1 fully saturated rings. The molecule has 0 radical (unpaired) electrons. The summed E-state index contributed by atoms with van der Waals surface area (Å²) in [6.45, 7) is 6.77. The molecule has 1 aliphatic heterocycles. The predicted molar refractivity (Wildman–Crippen MR) is 68.0 cm³/mol. The van der Waals surface area contributed by atoms with E-state index in [-0.39, 0.29) is 0 Å². The summed E-state index contributed by atoms with van der Waals surface area (Å²) < 4.78 is 0. The van der Waals surface area contributed by atoms with Crippen molar-refractivity contribution in [3.05, 3.63) is 35.5 Å². The van der Waals surface area contributed by atoms with Gasteiger partial charge in [0.15, 0.2) is 0 Å². The van der Waals surface area contributed by atoms with Crippen LogP contribution in [0.4, 0.5) is 0 Å². The molecule has 0 aromatic carbocycles. The van der Waals surface area contributed by atoms with Crippen LogP contribution in [0.25, 0.3) is 0 Å². The van der Waals surface area contributed by atoms with E-state index in [1.807, 2.05) is 0 Å². The van der Waals surface area contributed by atoms with Crippen molar-refractivity contribution in [1.82, 2.24) is 5.32 Å². The second kappa shape index (κ2) is 7.47. The maximum atomic E-state index is 3.22. The number of hydrogen-bond acceptors (Lipinski definition) is 1. The molecule has 1 aliphatic carbocycles. The van der Waals surface area contributed by atoms with Gasteiger partial charge in [-0.05, 0) is 58.2 Å². The molecule has 0 aromatic rings. The average molecular weight is 205 g/mol. The summed E-state index contributed by atoms with van der Waals surface area (Å²) in [6.07, 6.45) is 13.9. The Balaban J connectivity index is 0.000000187. The molecular formula is C14H23N. The Labute approximate surface area is 94.0 Å². The molecule has 0 bridgehead atoms. The first kappa shape index (κ1) is 12.3. The van der Waals surface area contributed by atoms with E-state index in [0.29, 0.717) is 0 Å². The van der Waals surface area contributed by atoms with Gasteiger partial charge in [-0.1, -0.05) is 29.9 Å². The first-order chi connectivity index (χ1) is 7.34. The van der Waals surface area contributed by atoms with Crippen LogP contribution in [-0.4, -0.2) is 13.1 Å². The van der Waals surface area contributed by atoms with Crippen LogP contribution in [0.15, 0.2) is 35.5 Å².